The number of aliphatic carboxylic acids is 1. The lowest BCUT2D eigenvalue weighted by Gasteiger charge is -2.22. The third-order valence-corrected chi connectivity index (χ3v) is 3.23. The lowest BCUT2D eigenvalue weighted by atomic mass is 9.99. The van der Waals surface area contributed by atoms with Crippen molar-refractivity contribution in [2.24, 2.45) is 11.8 Å². The summed E-state index contributed by atoms with van der Waals surface area (Å²) in [6.07, 6.45) is 0. The quantitative estimate of drug-likeness (QED) is 0.759. The fourth-order valence-corrected chi connectivity index (χ4v) is 2.35. The Bertz CT molecular complexity index is 320. The standard InChI is InChI=1S/C12H23N3O3/c1-8-5-15(7-10(8)11(16)17)12(18)13-9(2)6-14(3)4/h8-10H,5-7H2,1-4H3,(H,13,18)(H,16,17). The number of likely N-dealkylation sites (N-methyl/N-ethyl adjacent to an activating group) is 1. The number of carboxylic acid groups (broad SMARTS) is 1. The first-order valence-electron chi connectivity index (χ1n) is 6.24. The number of nitrogens with zero attached hydrogens (tertiary/aromatic N) is 2. The van der Waals surface area contributed by atoms with Crippen molar-refractivity contribution < 1.29 is 14.7 Å². The molecule has 1 aliphatic rings. The van der Waals surface area contributed by atoms with Crippen LogP contribution in [0.3, 0.4) is 0 Å². The second-order valence-corrected chi connectivity index (χ2v) is 5.44. The number of carbonyl (C=O) groups excluding carboxylic acids is 1. The van der Waals surface area contributed by atoms with Crippen molar-refractivity contribution >= 4 is 12.0 Å². The highest BCUT2D eigenvalue weighted by Gasteiger charge is 2.37. The molecule has 0 saturated carbocycles. The Morgan fingerprint density at radius 2 is 2.06 bits per heavy atom. The molecular weight excluding hydrogens is 234 g/mol. The van der Waals surface area contributed by atoms with Crippen LogP contribution >= 0.6 is 0 Å². The lowest BCUT2D eigenvalue weighted by molar-refractivity contribution is -0.142. The van der Waals surface area contributed by atoms with Crippen LogP contribution in [0.2, 0.25) is 0 Å². The van der Waals surface area contributed by atoms with E-state index in [9.17, 15) is 9.59 Å². The van der Waals surface area contributed by atoms with Gasteiger partial charge in [-0.1, -0.05) is 6.92 Å². The van der Waals surface area contributed by atoms with Crippen molar-refractivity contribution in [3.8, 4) is 0 Å². The molecule has 3 unspecified atom stereocenters. The number of amides is 2. The van der Waals surface area contributed by atoms with Gasteiger partial charge in [0.2, 0.25) is 0 Å². The minimum atomic E-state index is -0.820. The highest BCUT2D eigenvalue weighted by atomic mass is 16.4. The topological polar surface area (TPSA) is 72.9 Å². The van der Waals surface area contributed by atoms with Gasteiger partial charge in [-0.15, -0.1) is 0 Å². The summed E-state index contributed by atoms with van der Waals surface area (Å²) >= 11 is 0. The molecule has 2 amide bonds. The van der Waals surface area contributed by atoms with Crippen molar-refractivity contribution in [3.63, 3.8) is 0 Å². The molecule has 6 heteroatoms. The number of likely N-dealkylation sites (tertiary alicyclic amines) is 1. The van der Waals surface area contributed by atoms with Crippen molar-refractivity contribution in [1.82, 2.24) is 15.1 Å². The first-order valence-corrected chi connectivity index (χ1v) is 6.24. The van der Waals surface area contributed by atoms with Crippen LogP contribution in [0.5, 0.6) is 0 Å². The van der Waals surface area contributed by atoms with Gasteiger partial charge in [0.25, 0.3) is 0 Å². The summed E-state index contributed by atoms with van der Waals surface area (Å²) in [4.78, 5) is 26.5. The number of rotatable bonds is 4. The fourth-order valence-electron chi connectivity index (χ4n) is 2.35. The van der Waals surface area contributed by atoms with Gasteiger partial charge in [-0.05, 0) is 26.9 Å². The highest BCUT2D eigenvalue weighted by Crippen LogP contribution is 2.22. The normalized spacial score (nSPS) is 25.3. The van der Waals surface area contributed by atoms with Gasteiger partial charge in [0.15, 0.2) is 0 Å². The van der Waals surface area contributed by atoms with Gasteiger partial charge < -0.3 is 20.2 Å². The van der Waals surface area contributed by atoms with Crippen molar-refractivity contribution in [2.75, 3.05) is 33.7 Å². The monoisotopic (exact) mass is 257 g/mol. The maximum atomic E-state index is 12.0. The molecule has 1 rings (SSSR count). The third kappa shape index (κ3) is 3.87. The molecule has 0 spiro atoms. The van der Waals surface area contributed by atoms with Crippen molar-refractivity contribution in [3.05, 3.63) is 0 Å². The molecule has 18 heavy (non-hydrogen) atoms. The van der Waals surface area contributed by atoms with Gasteiger partial charge in [0, 0.05) is 25.7 Å². The maximum Gasteiger partial charge on any atom is 0.317 e. The molecule has 0 aromatic rings. The lowest BCUT2D eigenvalue weighted by Crippen LogP contribution is -2.46. The third-order valence-electron chi connectivity index (χ3n) is 3.23. The van der Waals surface area contributed by atoms with E-state index < -0.39 is 11.9 Å². The van der Waals surface area contributed by atoms with Gasteiger partial charge in [-0.3, -0.25) is 4.79 Å². The Labute approximate surface area is 108 Å². The summed E-state index contributed by atoms with van der Waals surface area (Å²) < 4.78 is 0. The molecule has 0 radical (unpaired) electrons. The SMILES string of the molecule is CC(CN(C)C)NC(=O)N1CC(C)C(C(=O)O)C1. The van der Waals surface area contributed by atoms with Gasteiger partial charge in [0.05, 0.1) is 5.92 Å². The van der Waals surface area contributed by atoms with Crippen LogP contribution in [0.1, 0.15) is 13.8 Å². The Hall–Kier alpha value is -1.30. The van der Waals surface area contributed by atoms with Crippen LogP contribution in [0.15, 0.2) is 0 Å². The maximum absolute atomic E-state index is 12.0. The molecule has 6 nitrogen and oxygen atoms in total. The first kappa shape index (κ1) is 14.8. The van der Waals surface area contributed by atoms with E-state index in [0.29, 0.717) is 13.1 Å². The molecule has 0 aliphatic carbocycles. The van der Waals surface area contributed by atoms with E-state index in [1.807, 2.05) is 32.8 Å². The fraction of sp³-hybridized carbons (Fsp3) is 0.833. The molecule has 104 valence electrons. The van der Waals surface area contributed by atoms with E-state index in [1.54, 1.807) is 4.90 Å². The second-order valence-electron chi connectivity index (χ2n) is 5.44. The zero-order chi connectivity index (χ0) is 13.9. The summed E-state index contributed by atoms with van der Waals surface area (Å²) in [5.74, 6) is -1.25. The molecule has 2 N–H and O–H groups in total. The van der Waals surface area contributed by atoms with Crippen LogP contribution in [-0.4, -0.2) is 66.7 Å². The highest BCUT2D eigenvalue weighted by molar-refractivity contribution is 5.77. The Balaban J connectivity index is 2.47. The number of nitrogens with one attached hydrogen (secondary N) is 1. The summed E-state index contributed by atoms with van der Waals surface area (Å²) in [7, 11) is 3.89. The van der Waals surface area contributed by atoms with E-state index in [0.717, 1.165) is 6.54 Å². The average Bonchev–Trinajstić information content (AvgIpc) is 2.58. The largest absolute Gasteiger partial charge is 0.481 e. The van der Waals surface area contributed by atoms with Gasteiger partial charge in [0.1, 0.15) is 0 Å². The number of urea groups is 1. The molecule has 0 bridgehead atoms. The molecule has 1 heterocycles. The average molecular weight is 257 g/mol. The summed E-state index contributed by atoms with van der Waals surface area (Å²) in [6.45, 7) is 5.38. The first-order chi connectivity index (χ1) is 8.31. The summed E-state index contributed by atoms with van der Waals surface area (Å²) in [5, 5.41) is 11.9. The molecule has 1 fully saturated rings. The molecule has 1 saturated heterocycles. The predicted molar refractivity (Wildman–Crippen MR) is 68.4 cm³/mol. The van der Waals surface area contributed by atoms with E-state index in [2.05, 4.69) is 5.32 Å². The zero-order valence-corrected chi connectivity index (χ0v) is 11.5. The summed E-state index contributed by atoms with van der Waals surface area (Å²) in [6, 6.07) is -0.119. The van der Waals surface area contributed by atoms with Crippen LogP contribution in [0, 0.1) is 11.8 Å². The van der Waals surface area contributed by atoms with E-state index in [-0.39, 0.29) is 18.0 Å². The van der Waals surface area contributed by atoms with E-state index >= 15 is 0 Å². The minimum absolute atomic E-state index is 0.0115. The van der Waals surface area contributed by atoms with Crippen molar-refractivity contribution in [1.29, 1.82) is 0 Å². The number of carbonyl (C=O) groups is 2. The molecule has 0 aromatic heterocycles. The summed E-state index contributed by atoms with van der Waals surface area (Å²) in [5.41, 5.74) is 0. The molecule has 0 aromatic carbocycles. The predicted octanol–water partition coefficient (Wildman–Crippen LogP) is 0.299. The van der Waals surface area contributed by atoms with Crippen LogP contribution < -0.4 is 5.32 Å². The number of carboxylic acids is 1. The van der Waals surface area contributed by atoms with E-state index in [1.165, 1.54) is 0 Å². The van der Waals surface area contributed by atoms with Gasteiger partial charge in [-0.25, -0.2) is 4.79 Å². The zero-order valence-electron chi connectivity index (χ0n) is 11.5. The minimum Gasteiger partial charge on any atom is -0.481 e. The van der Waals surface area contributed by atoms with Crippen LogP contribution in [0.25, 0.3) is 0 Å². The Morgan fingerprint density at radius 1 is 1.44 bits per heavy atom. The Morgan fingerprint density at radius 3 is 2.50 bits per heavy atom. The van der Waals surface area contributed by atoms with Gasteiger partial charge in [-0.2, -0.15) is 0 Å². The number of hydrogen-bond donors (Lipinski definition) is 2. The second kappa shape index (κ2) is 6.04. The molecule has 3 atom stereocenters. The number of hydrogen-bond acceptors (Lipinski definition) is 3. The van der Waals surface area contributed by atoms with Gasteiger partial charge >= 0.3 is 12.0 Å². The smallest absolute Gasteiger partial charge is 0.317 e. The van der Waals surface area contributed by atoms with Crippen LogP contribution in [-0.2, 0) is 4.79 Å². The van der Waals surface area contributed by atoms with Crippen molar-refractivity contribution in [2.45, 2.75) is 19.9 Å². The van der Waals surface area contributed by atoms with Crippen LogP contribution in [0.4, 0.5) is 4.79 Å². The molecule has 1 aliphatic heterocycles. The Kier molecular flexibility index (Phi) is 4.95. The molecular formula is C12H23N3O3. The van der Waals surface area contributed by atoms with E-state index in [4.69, 9.17) is 5.11 Å².